The molecule has 0 unspecified atom stereocenters. The Morgan fingerprint density at radius 1 is 1.30 bits per heavy atom. The fraction of sp³-hybridized carbons (Fsp3) is 0.517. The van der Waals surface area contributed by atoms with Crippen LogP contribution in [0.25, 0.3) is 0 Å². The van der Waals surface area contributed by atoms with Gasteiger partial charge in [0.25, 0.3) is 5.91 Å². The maximum atomic E-state index is 14.4. The van der Waals surface area contributed by atoms with Crippen LogP contribution in [-0.4, -0.2) is 60.2 Å². The highest BCUT2D eigenvalue weighted by molar-refractivity contribution is 5.95. The lowest BCUT2D eigenvalue weighted by Gasteiger charge is -2.30. The minimum Gasteiger partial charge on any atom is -0.473 e. The van der Waals surface area contributed by atoms with Gasteiger partial charge in [-0.1, -0.05) is 31.1 Å². The lowest BCUT2D eigenvalue weighted by Crippen LogP contribution is -2.42. The van der Waals surface area contributed by atoms with E-state index in [-0.39, 0.29) is 24.4 Å². The summed E-state index contributed by atoms with van der Waals surface area (Å²) in [6, 6.07) is -0.327. The molecule has 1 rings (SSSR count). The largest absolute Gasteiger partial charge is 0.473 e. The summed E-state index contributed by atoms with van der Waals surface area (Å²) < 4.78 is 20.1. The van der Waals surface area contributed by atoms with Gasteiger partial charge in [-0.25, -0.2) is 14.4 Å². The van der Waals surface area contributed by atoms with Crippen LogP contribution in [-0.2, 0) is 9.53 Å². The third-order valence-electron chi connectivity index (χ3n) is 5.88. The first-order valence-electron chi connectivity index (χ1n) is 12.9. The van der Waals surface area contributed by atoms with Crippen molar-refractivity contribution in [1.82, 2.24) is 9.91 Å². The smallest absolute Gasteiger partial charge is 0.253 e. The molecule has 0 bridgehead atoms. The minimum absolute atomic E-state index is 0.0618. The Hall–Kier alpha value is -3.29. The molecule has 0 saturated carbocycles. The first-order valence-corrected chi connectivity index (χ1v) is 12.9. The van der Waals surface area contributed by atoms with Crippen molar-refractivity contribution in [1.29, 1.82) is 0 Å². The molecule has 1 aliphatic heterocycles. The van der Waals surface area contributed by atoms with Gasteiger partial charge in [-0.05, 0) is 59.6 Å². The first-order chi connectivity index (χ1) is 17.6. The van der Waals surface area contributed by atoms with Crippen LogP contribution in [0.15, 0.2) is 74.1 Å². The zero-order valence-corrected chi connectivity index (χ0v) is 23.8. The van der Waals surface area contributed by atoms with Crippen LogP contribution in [0.4, 0.5) is 4.39 Å². The fourth-order valence-electron chi connectivity index (χ4n) is 3.50. The Labute approximate surface area is 222 Å². The normalized spacial score (nSPS) is 16.3. The lowest BCUT2D eigenvalue weighted by molar-refractivity contribution is -0.130. The Kier molecular flexibility index (Phi) is 14.1. The Morgan fingerprint density at radius 2 is 2.00 bits per heavy atom. The number of nitrogens with zero attached hydrogens (tertiary/aromatic N) is 5. The summed E-state index contributed by atoms with van der Waals surface area (Å²) in [6.45, 7) is 17.9. The van der Waals surface area contributed by atoms with E-state index >= 15 is 0 Å². The molecule has 0 N–H and O–H groups in total. The van der Waals surface area contributed by atoms with Crippen molar-refractivity contribution in [3.8, 4) is 0 Å². The molecule has 0 saturated heterocycles. The van der Waals surface area contributed by atoms with Crippen LogP contribution >= 0.6 is 0 Å². The quantitative estimate of drug-likeness (QED) is 0.112. The van der Waals surface area contributed by atoms with Gasteiger partial charge in [-0.3, -0.25) is 9.80 Å². The molecule has 0 aromatic carbocycles. The van der Waals surface area contributed by atoms with Gasteiger partial charge in [-0.15, -0.1) is 6.58 Å². The standard InChI is InChI=1S/C29H44FN5O2/c1-10-14-23(7)33-27(34(9)32-18-16-21(5)11-2)25(12-3)29(36)35(13-4)24(8)20-37-28-26(30)19-22(6)15-17-31-28/h10,16-19,24H,1,11-15,20H2,2-9H3/b21-16+,27-25-,32-18-,33-23?/t24-/m0/s1. The van der Waals surface area contributed by atoms with Gasteiger partial charge < -0.3 is 9.64 Å². The molecule has 0 fully saturated rings. The fourth-order valence-corrected chi connectivity index (χ4v) is 3.50. The molecule has 1 atom stereocenters. The Bertz CT molecular complexity index is 1020. The molecule has 1 aliphatic rings. The maximum absolute atomic E-state index is 14.4. The molecule has 0 spiro atoms. The number of hydrogen-bond donors (Lipinski definition) is 0. The Balaban J connectivity index is 3.32. The summed E-state index contributed by atoms with van der Waals surface area (Å²) in [4.78, 5) is 24.3. The monoisotopic (exact) mass is 513 g/mol. The van der Waals surface area contributed by atoms with Crippen molar-refractivity contribution in [3.05, 3.63) is 59.1 Å². The molecule has 1 heterocycles. The number of carbonyl (C=O) groups excluding carboxylic acids is 1. The van der Waals surface area contributed by atoms with Crippen LogP contribution in [0.2, 0.25) is 0 Å². The van der Waals surface area contributed by atoms with Crippen molar-refractivity contribution in [2.75, 3.05) is 20.2 Å². The van der Waals surface area contributed by atoms with Crippen LogP contribution in [0.1, 0.15) is 74.1 Å². The summed E-state index contributed by atoms with van der Waals surface area (Å²) in [7, 11) is 1.78. The number of allylic oxidation sites excluding steroid dienone is 6. The summed E-state index contributed by atoms with van der Waals surface area (Å²) in [5.74, 6) is -0.250. The van der Waals surface area contributed by atoms with E-state index in [9.17, 15) is 9.18 Å². The SMILES string of the molecule is C=CCC(C)=N/C(=C(\CC)C(=O)N(CC)[C@@H](C)COC1=C(F)C=C(C)CC=N1)N(C)/N=C\C=C(/C)CC. The van der Waals surface area contributed by atoms with Crippen LogP contribution < -0.4 is 0 Å². The number of hydrogen-bond acceptors (Lipinski definition) is 6. The molecule has 0 aromatic heterocycles. The van der Waals surface area contributed by atoms with Crippen molar-refractivity contribution >= 4 is 24.0 Å². The molecular weight excluding hydrogens is 469 g/mol. The van der Waals surface area contributed by atoms with Crippen LogP contribution in [0.3, 0.4) is 0 Å². The maximum Gasteiger partial charge on any atom is 0.253 e. The molecule has 8 heteroatoms. The number of aliphatic imine (C=N–C) groups is 2. The first kappa shape index (κ1) is 31.7. The summed E-state index contributed by atoms with van der Waals surface area (Å²) in [5.41, 5.74) is 3.41. The zero-order valence-electron chi connectivity index (χ0n) is 23.8. The zero-order chi connectivity index (χ0) is 28.0. The van der Waals surface area contributed by atoms with Gasteiger partial charge in [0.05, 0.1) is 11.6 Å². The summed E-state index contributed by atoms with van der Waals surface area (Å²) >= 11 is 0. The van der Waals surface area contributed by atoms with E-state index in [2.05, 4.69) is 23.6 Å². The van der Waals surface area contributed by atoms with E-state index in [0.29, 0.717) is 37.2 Å². The predicted molar refractivity (Wildman–Crippen MR) is 153 cm³/mol. The van der Waals surface area contributed by atoms with Gasteiger partial charge in [0.1, 0.15) is 6.61 Å². The third kappa shape index (κ3) is 10.3. The van der Waals surface area contributed by atoms with Gasteiger partial charge in [0, 0.05) is 44.6 Å². The van der Waals surface area contributed by atoms with Crippen molar-refractivity contribution in [3.63, 3.8) is 0 Å². The van der Waals surface area contributed by atoms with E-state index < -0.39 is 5.83 Å². The number of hydrazone groups is 1. The summed E-state index contributed by atoms with van der Waals surface area (Å²) in [5, 5.41) is 6.14. The molecule has 204 valence electrons. The highest BCUT2D eigenvalue weighted by Crippen LogP contribution is 2.21. The highest BCUT2D eigenvalue weighted by Gasteiger charge is 2.26. The van der Waals surface area contributed by atoms with E-state index in [1.807, 2.05) is 47.6 Å². The second-order valence-electron chi connectivity index (χ2n) is 9.06. The average molecular weight is 514 g/mol. The molecular formula is C29H44FN5O2. The van der Waals surface area contributed by atoms with Crippen LogP contribution in [0.5, 0.6) is 0 Å². The molecule has 0 aliphatic carbocycles. The van der Waals surface area contributed by atoms with Crippen molar-refractivity contribution in [2.45, 2.75) is 80.2 Å². The van der Waals surface area contributed by atoms with Gasteiger partial charge in [0.15, 0.2) is 11.6 Å². The summed E-state index contributed by atoms with van der Waals surface area (Å²) in [6.07, 6.45) is 11.0. The third-order valence-corrected chi connectivity index (χ3v) is 5.88. The Morgan fingerprint density at radius 3 is 2.59 bits per heavy atom. The van der Waals surface area contributed by atoms with Crippen LogP contribution in [0, 0.1) is 0 Å². The second kappa shape index (κ2) is 16.5. The van der Waals surface area contributed by atoms with Gasteiger partial charge in [-0.2, -0.15) is 5.10 Å². The number of rotatable bonds is 14. The van der Waals surface area contributed by atoms with Crippen molar-refractivity contribution < 1.29 is 13.9 Å². The second-order valence-corrected chi connectivity index (χ2v) is 9.06. The van der Waals surface area contributed by atoms with Crippen molar-refractivity contribution in [2.24, 2.45) is 15.1 Å². The number of halogens is 1. The number of carbonyl (C=O) groups is 1. The molecule has 7 nitrogen and oxygen atoms in total. The van der Waals surface area contributed by atoms with E-state index in [1.54, 1.807) is 35.5 Å². The minimum atomic E-state index is -0.511. The predicted octanol–water partition coefficient (Wildman–Crippen LogP) is 6.73. The number of ether oxygens (including phenoxy) is 1. The van der Waals surface area contributed by atoms with E-state index in [1.165, 1.54) is 11.6 Å². The van der Waals surface area contributed by atoms with E-state index in [4.69, 9.17) is 9.73 Å². The van der Waals surface area contributed by atoms with Gasteiger partial charge >= 0.3 is 0 Å². The number of likely N-dealkylation sites (N-methyl/N-ethyl adjacent to an activating group) is 1. The molecule has 37 heavy (non-hydrogen) atoms. The topological polar surface area (TPSA) is 69.9 Å². The lowest BCUT2D eigenvalue weighted by atomic mass is 10.1. The average Bonchev–Trinajstić information content (AvgIpc) is 3.02. The highest BCUT2D eigenvalue weighted by atomic mass is 19.1. The molecule has 1 amide bonds. The van der Waals surface area contributed by atoms with Gasteiger partial charge in [0.2, 0.25) is 5.88 Å². The molecule has 0 aromatic rings. The molecule has 0 radical (unpaired) electrons. The van der Waals surface area contributed by atoms with E-state index in [0.717, 1.165) is 17.7 Å². The number of amides is 1.